The van der Waals surface area contributed by atoms with E-state index >= 15 is 0 Å². The second-order valence-electron chi connectivity index (χ2n) is 11.1. The lowest BCUT2D eigenvalue weighted by molar-refractivity contribution is 0.121. The van der Waals surface area contributed by atoms with E-state index in [9.17, 15) is 13.5 Å². The van der Waals surface area contributed by atoms with Gasteiger partial charge in [-0.05, 0) is 41.7 Å². The number of para-hydroxylation sites is 1. The summed E-state index contributed by atoms with van der Waals surface area (Å²) in [7, 11) is -3.98. The number of nitrogens with one attached hydrogen (secondary N) is 1. The highest BCUT2D eigenvalue weighted by Crippen LogP contribution is 2.45. The zero-order valence-corrected chi connectivity index (χ0v) is 23.5. The van der Waals surface area contributed by atoms with Crippen molar-refractivity contribution < 1.29 is 13.5 Å². The Kier molecular flexibility index (Phi) is 6.83. The minimum atomic E-state index is -3.98. The minimum absolute atomic E-state index is 0.164. The first-order chi connectivity index (χ1) is 18.5. The van der Waals surface area contributed by atoms with Gasteiger partial charge in [-0.3, -0.25) is 0 Å². The molecule has 0 spiro atoms. The van der Waals surface area contributed by atoms with Crippen LogP contribution in [0.2, 0.25) is 0 Å². The fourth-order valence-corrected chi connectivity index (χ4v) is 6.74. The van der Waals surface area contributed by atoms with Crippen molar-refractivity contribution in [2.75, 3.05) is 0 Å². The van der Waals surface area contributed by atoms with Crippen molar-refractivity contribution in [1.29, 1.82) is 0 Å². The van der Waals surface area contributed by atoms with E-state index in [1.165, 1.54) is 0 Å². The third-order valence-corrected chi connectivity index (χ3v) is 8.68. The molecule has 0 unspecified atom stereocenters. The molecule has 2 N–H and O–H groups in total. The highest BCUT2D eigenvalue weighted by molar-refractivity contribution is 8.00. The number of aliphatic hydroxyl groups is 1. The van der Waals surface area contributed by atoms with Crippen LogP contribution in [0.4, 0.5) is 0 Å². The molecule has 0 fully saturated rings. The first kappa shape index (κ1) is 26.7. The van der Waals surface area contributed by atoms with Gasteiger partial charge in [0.2, 0.25) is 9.84 Å². The molecular formula is C34H33NO3S. The Balaban J connectivity index is 1.92. The molecule has 4 aromatic carbocycles. The number of aromatic nitrogens is 1. The molecule has 39 heavy (non-hydrogen) atoms. The van der Waals surface area contributed by atoms with Gasteiger partial charge in [-0.2, -0.15) is 0 Å². The molecule has 0 aliphatic rings. The topological polar surface area (TPSA) is 70.2 Å². The van der Waals surface area contributed by atoms with Gasteiger partial charge >= 0.3 is 0 Å². The molecule has 0 aliphatic carbocycles. The van der Waals surface area contributed by atoms with Gasteiger partial charge in [0.15, 0.2) is 5.60 Å². The molecule has 198 valence electrons. The summed E-state index contributed by atoms with van der Waals surface area (Å²) < 4.78 is 28.9. The van der Waals surface area contributed by atoms with Crippen molar-refractivity contribution >= 4 is 25.6 Å². The van der Waals surface area contributed by atoms with Crippen LogP contribution in [0, 0.1) is 12.3 Å². The average molecular weight is 536 g/mol. The lowest BCUT2D eigenvalue weighted by atomic mass is 9.81. The van der Waals surface area contributed by atoms with Crippen molar-refractivity contribution in [3.8, 4) is 0 Å². The van der Waals surface area contributed by atoms with Crippen LogP contribution in [0.15, 0.2) is 120 Å². The van der Waals surface area contributed by atoms with E-state index in [-0.39, 0.29) is 9.80 Å². The van der Waals surface area contributed by atoms with Crippen LogP contribution in [0.3, 0.4) is 0 Å². The third-order valence-electron chi connectivity index (χ3n) is 6.88. The maximum Gasteiger partial charge on any atom is 0.206 e. The van der Waals surface area contributed by atoms with Gasteiger partial charge in [-0.1, -0.05) is 123 Å². The fraction of sp³-hybridized carbons (Fsp3) is 0.176. The molecule has 5 rings (SSSR count). The Morgan fingerprint density at radius 2 is 1.26 bits per heavy atom. The number of benzene rings is 4. The smallest absolute Gasteiger partial charge is 0.206 e. The predicted octanol–water partition coefficient (Wildman–Crippen LogP) is 7.62. The van der Waals surface area contributed by atoms with Gasteiger partial charge in [0.25, 0.3) is 0 Å². The summed E-state index contributed by atoms with van der Waals surface area (Å²) >= 11 is 0. The van der Waals surface area contributed by atoms with E-state index in [1.54, 1.807) is 18.2 Å². The number of fused-ring (bicyclic) bond motifs is 1. The summed E-state index contributed by atoms with van der Waals surface area (Å²) in [4.78, 5) is 3.82. The predicted molar refractivity (Wildman–Crippen MR) is 159 cm³/mol. The third kappa shape index (κ3) is 4.96. The quantitative estimate of drug-likeness (QED) is 0.235. The molecule has 5 aromatic rings. The summed E-state index contributed by atoms with van der Waals surface area (Å²) in [6.45, 7) is 7.87. The summed E-state index contributed by atoms with van der Waals surface area (Å²) in [5.41, 5.74) is 1.73. The Labute approximate surface area is 230 Å². The maximum atomic E-state index is 14.5. The van der Waals surface area contributed by atoms with E-state index in [0.717, 1.165) is 16.5 Å². The van der Waals surface area contributed by atoms with Crippen LogP contribution in [-0.2, 0) is 15.4 Å². The summed E-state index contributed by atoms with van der Waals surface area (Å²) in [5, 5.41) is 13.5. The van der Waals surface area contributed by atoms with Crippen LogP contribution in [0.25, 0.3) is 15.8 Å². The molecule has 0 saturated heterocycles. The molecule has 5 heteroatoms. The van der Waals surface area contributed by atoms with E-state index in [4.69, 9.17) is 0 Å². The largest absolute Gasteiger partial charge is 0.375 e. The number of sulfone groups is 1. The normalized spacial score (nSPS) is 13.1. The number of aromatic amines is 1. The standard InChI is InChI=1S/C34H33NO3S/c1-24-19-21-27(22-20-24)39(37,38)30(23-33(2,3)4)31-28-17-11-12-18-29(28)35-32(31)34(36,25-13-7-5-8-14-25)26-15-9-6-10-16-26/h5-23,35-36H,1-4H3/b30-23+. The monoisotopic (exact) mass is 535 g/mol. The first-order valence-electron chi connectivity index (χ1n) is 13.0. The molecule has 0 amide bonds. The number of allylic oxidation sites excluding steroid dienone is 1. The van der Waals surface area contributed by atoms with Crippen LogP contribution < -0.4 is 0 Å². The summed E-state index contributed by atoms with van der Waals surface area (Å²) in [5.74, 6) is 0. The second kappa shape index (κ2) is 9.99. The SMILES string of the molecule is Cc1ccc(S(=O)(=O)/C(=C/C(C)(C)C)c2c(C(O)(c3ccccc3)c3ccccc3)[nH]c3ccccc23)cc1. The molecule has 0 saturated carbocycles. The van der Waals surface area contributed by atoms with Crippen molar-refractivity contribution in [3.05, 3.63) is 143 Å². The van der Waals surface area contributed by atoms with Crippen LogP contribution in [-0.4, -0.2) is 18.5 Å². The van der Waals surface area contributed by atoms with E-state index in [0.29, 0.717) is 22.4 Å². The van der Waals surface area contributed by atoms with Crippen molar-refractivity contribution in [2.24, 2.45) is 5.41 Å². The van der Waals surface area contributed by atoms with Gasteiger partial charge < -0.3 is 10.1 Å². The Bertz CT molecular complexity index is 1700. The first-order valence-corrected chi connectivity index (χ1v) is 14.5. The molecule has 4 nitrogen and oxygen atoms in total. The number of H-pyrrole nitrogens is 1. The van der Waals surface area contributed by atoms with Crippen molar-refractivity contribution in [2.45, 2.75) is 38.2 Å². The molecule has 0 radical (unpaired) electrons. The van der Waals surface area contributed by atoms with E-state index < -0.39 is 20.9 Å². The van der Waals surface area contributed by atoms with E-state index in [1.807, 2.05) is 125 Å². The van der Waals surface area contributed by atoms with Crippen molar-refractivity contribution in [3.63, 3.8) is 0 Å². The van der Waals surface area contributed by atoms with Crippen LogP contribution in [0.1, 0.15) is 48.7 Å². The number of aryl methyl sites for hydroxylation is 1. The molecule has 1 heterocycles. The summed E-state index contributed by atoms with van der Waals surface area (Å²) in [6, 6.07) is 33.3. The fourth-order valence-electron chi connectivity index (χ4n) is 5.01. The molecule has 0 aliphatic heterocycles. The zero-order chi connectivity index (χ0) is 27.8. The summed E-state index contributed by atoms with van der Waals surface area (Å²) in [6.07, 6.45) is 1.80. The molecule has 0 atom stereocenters. The minimum Gasteiger partial charge on any atom is -0.375 e. The second-order valence-corrected chi connectivity index (χ2v) is 13.0. The van der Waals surface area contributed by atoms with E-state index in [2.05, 4.69) is 4.98 Å². The van der Waals surface area contributed by atoms with Crippen LogP contribution >= 0.6 is 0 Å². The Morgan fingerprint density at radius 3 is 1.79 bits per heavy atom. The highest BCUT2D eigenvalue weighted by atomic mass is 32.2. The van der Waals surface area contributed by atoms with Gasteiger partial charge in [-0.15, -0.1) is 0 Å². The van der Waals surface area contributed by atoms with Gasteiger partial charge in [0, 0.05) is 16.5 Å². The maximum absolute atomic E-state index is 14.5. The number of hydrogen-bond donors (Lipinski definition) is 2. The zero-order valence-electron chi connectivity index (χ0n) is 22.6. The number of hydrogen-bond acceptors (Lipinski definition) is 3. The molecule has 1 aromatic heterocycles. The Morgan fingerprint density at radius 1 is 0.744 bits per heavy atom. The van der Waals surface area contributed by atoms with Crippen LogP contribution in [0.5, 0.6) is 0 Å². The Hall–Kier alpha value is -3.93. The molecular weight excluding hydrogens is 502 g/mol. The van der Waals surface area contributed by atoms with Gasteiger partial charge in [0.1, 0.15) is 0 Å². The van der Waals surface area contributed by atoms with Gasteiger partial charge in [-0.25, -0.2) is 8.42 Å². The molecule has 0 bridgehead atoms. The van der Waals surface area contributed by atoms with Gasteiger partial charge in [0.05, 0.1) is 15.5 Å². The number of rotatable bonds is 6. The lowest BCUT2D eigenvalue weighted by Gasteiger charge is -2.31. The van der Waals surface area contributed by atoms with Crippen molar-refractivity contribution in [1.82, 2.24) is 4.98 Å². The lowest BCUT2D eigenvalue weighted by Crippen LogP contribution is -2.31. The average Bonchev–Trinajstić information content (AvgIpc) is 3.32. The highest BCUT2D eigenvalue weighted by Gasteiger charge is 2.41.